The Morgan fingerprint density at radius 2 is 1.89 bits per heavy atom. The molecule has 0 unspecified atom stereocenters. The quantitative estimate of drug-likeness (QED) is 0.752. The van der Waals surface area contributed by atoms with Gasteiger partial charge in [0.1, 0.15) is 5.75 Å². The average Bonchev–Trinajstić information content (AvgIpc) is 2.69. The molecular formula is C21H26BrN3O2. The summed E-state index contributed by atoms with van der Waals surface area (Å²) < 4.78 is 6.51. The lowest BCUT2D eigenvalue weighted by Gasteiger charge is -2.36. The molecular weight excluding hydrogens is 406 g/mol. The second kappa shape index (κ2) is 9.24. The molecule has 1 amide bonds. The first-order valence-electron chi connectivity index (χ1n) is 9.23. The van der Waals surface area contributed by atoms with E-state index in [1.165, 1.54) is 0 Å². The van der Waals surface area contributed by atoms with Crippen LogP contribution in [0.15, 0.2) is 46.9 Å². The van der Waals surface area contributed by atoms with Crippen LogP contribution < -0.4 is 15.0 Å². The fourth-order valence-corrected chi connectivity index (χ4v) is 3.56. The lowest BCUT2D eigenvalue weighted by Crippen LogP contribution is -2.47. The maximum absolute atomic E-state index is 12.2. The van der Waals surface area contributed by atoms with Crippen LogP contribution in [-0.2, 0) is 4.79 Å². The average molecular weight is 432 g/mol. The van der Waals surface area contributed by atoms with Crippen molar-refractivity contribution in [1.82, 2.24) is 4.90 Å². The number of ether oxygens (including phenoxy) is 1. The van der Waals surface area contributed by atoms with E-state index in [9.17, 15) is 4.79 Å². The summed E-state index contributed by atoms with van der Waals surface area (Å²) >= 11 is 3.48. The van der Waals surface area contributed by atoms with Crippen molar-refractivity contribution in [3.63, 3.8) is 0 Å². The van der Waals surface area contributed by atoms with Crippen molar-refractivity contribution in [2.45, 2.75) is 13.3 Å². The minimum absolute atomic E-state index is 0.0591. The van der Waals surface area contributed by atoms with Gasteiger partial charge >= 0.3 is 0 Å². The van der Waals surface area contributed by atoms with Crippen LogP contribution in [0.5, 0.6) is 5.75 Å². The fraction of sp³-hybridized carbons (Fsp3) is 0.381. The van der Waals surface area contributed by atoms with E-state index in [1.807, 2.05) is 43.3 Å². The molecule has 144 valence electrons. The van der Waals surface area contributed by atoms with E-state index in [1.54, 1.807) is 7.11 Å². The lowest BCUT2D eigenvalue weighted by atomic mass is 10.2. The molecule has 0 saturated carbocycles. The summed E-state index contributed by atoms with van der Waals surface area (Å²) in [5, 5.41) is 2.99. The highest BCUT2D eigenvalue weighted by molar-refractivity contribution is 9.10. The Morgan fingerprint density at radius 1 is 1.15 bits per heavy atom. The van der Waals surface area contributed by atoms with Gasteiger partial charge in [0.05, 0.1) is 12.8 Å². The van der Waals surface area contributed by atoms with Gasteiger partial charge in [-0.3, -0.25) is 9.69 Å². The molecule has 0 atom stereocenters. The molecule has 0 aliphatic carbocycles. The number of aryl methyl sites for hydroxylation is 1. The van der Waals surface area contributed by atoms with E-state index in [2.05, 4.69) is 37.1 Å². The van der Waals surface area contributed by atoms with Crippen LogP contribution in [0.2, 0.25) is 0 Å². The Bertz CT molecular complexity index is 789. The first-order valence-corrected chi connectivity index (χ1v) is 10.0. The number of para-hydroxylation sites is 2. The van der Waals surface area contributed by atoms with Crippen LogP contribution in [-0.4, -0.2) is 50.6 Å². The highest BCUT2D eigenvalue weighted by atomic mass is 79.9. The molecule has 2 aromatic rings. The van der Waals surface area contributed by atoms with Gasteiger partial charge < -0.3 is 15.0 Å². The van der Waals surface area contributed by atoms with Gasteiger partial charge in [0.15, 0.2) is 0 Å². The molecule has 2 aromatic carbocycles. The van der Waals surface area contributed by atoms with Crippen LogP contribution in [0.3, 0.4) is 0 Å². The van der Waals surface area contributed by atoms with Gasteiger partial charge in [-0.25, -0.2) is 0 Å². The summed E-state index contributed by atoms with van der Waals surface area (Å²) in [5.74, 6) is 0.971. The smallest absolute Gasteiger partial charge is 0.225 e. The Labute approximate surface area is 169 Å². The molecule has 0 bridgehead atoms. The number of anilines is 2. The van der Waals surface area contributed by atoms with E-state index in [0.717, 1.165) is 59.9 Å². The van der Waals surface area contributed by atoms with E-state index in [-0.39, 0.29) is 5.91 Å². The second-order valence-corrected chi connectivity index (χ2v) is 7.62. The molecule has 1 aliphatic heterocycles. The molecule has 6 heteroatoms. The molecule has 0 spiro atoms. The number of benzene rings is 2. The van der Waals surface area contributed by atoms with Gasteiger partial charge in [-0.2, -0.15) is 0 Å². The minimum atomic E-state index is 0.0591. The Balaban J connectivity index is 1.45. The van der Waals surface area contributed by atoms with Gasteiger partial charge in [-0.1, -0.05) is 28.1 Å². The highest BCUT2D eigenvalue weighted by Crippen LogP contribution is 2.28. The molecule has 1 fully saturated rings. The van der Waals surface area contributed by atoms with Crippen LogP contribution >= 0.6 is 15.9 Å². The monoisotopic (exact) mass is 431 g/mol. The van der Waals surface area contributed by atoms with Crippen molar-refractivity contribution in [2.75, 3.05) is 50.1 Å². The highest BCUT2D eigenvalue weighted by Gasteiger charge is 2.19. The number of piperazine rings is 1. The molecule has 1 N–H and O–H groups in total. The second-order valence-electron chi connectivity index (χ2n) is 6.76. The van der Waals surface area contributed by atoms with E-state index >= 15 is 0 Å². The standard InChI is InChI=1S/C21H26BrN3O2/c1-16-15-17(7-8-18(16)22)23-21(26)9-10-24-11-13-25(14-12-24)19-5-3-4-6-20(19)27-2/h3-8,15H,9-14H2,1-2H3,(H,23,26). The van der Waals surface area contributed by atoms with Crippen LogP contribution in [0.25, 0.3) is 0 Å². The molecule has 0 aromatic heterocycles. The summed E-state index contributed by atoms with van der Waals surface area (Å²) in [6.45, 7) is 6.56. The van der Waals surface area contributed by atoms with Crippen molar-refractivity contribution >= 4 is 33.2 Å². The zero-order valence-corrected chi connectivity index (χ0v) is 17.5. The fourth-order valence-electron chi connectivity index (χ4n) is 3.31. The number of hydrogen-bond acceptors (Lipinski definition) is 4. The zero-order chi connectivity index (χ0) is 19.2. The number of carbonyl (C=O) groups is 1. The van der Waals surface area contributed by atoms with E-state index < -0.39 is 0 Å². The first kappa shape index (κ1) is 19.7. The Morgan fingerprint density at radius 3 is 2.59 bits per heavy atom. The molecule has 5 nitrogen and oxygen atoms in total. The number of rotatable bonds is 6. The SMILES string of the molecule is COc1ccccc1N1CCN(CCC(=O)Nc2ccc(Br)c(C)c2)CC1. The largest absolute Gasteiger partial charge is 0.495 e. The predicted molar refractivity (Wildman–Crippen MR) is 114 cm³/mol. The van der Waals surface area contributed by atoms with Crippen molar-refractivity contribution in [3.8, 4) is 5.75 Å². The molecule has 1 saturated heterocycles. The minimum Gasteiger partial charge on any atom is -0.495 e. The maximum Gasteiger partial charge on any atom is 0.225 e. The number of nitrogens with one attached hydrogen (secondary N) is 1. The summed E-state index contributed by atoms with van der Waals surface area (Å²) in [7, 11) is 1.71. The third-order valence-electron chi connectivity index (χ3n) is 4.89. The molecule has 27 heavy (non-hydrogen) atoms. The predicted octanol–water partition coefficient (Wildman–Crippen LogP) is 3.92. The number of halogens is 1. The summed E-state index contributed by atoms with van der Waals surface area (Å²) in [6.07, 6.45) is 0.504. The summed E-state index contributed by atoms with van der Waals surface area (Å²) in [6, 6.07) is 14.0. The summed E-state index contributed by atoms with van der Waals surface area (Å²) in [4.78, 5) is 16.9. The van der Waals surface area contributed by atoms with Crippen LogP contribution in [0.1, 0.15) is 12.0 Å². The van der Waals surface area contributed by atoms with Crippen molar-refractivity contribution in [2.24, 2.45) is 0 Å². The van der Waals surface area contributed by atoms with Gasteiger partial charge in [0, 0.05) is 49.3 Å². The number of methoxy groups -OCH3 is 1. The Hall–Kier alpha value is -2.05. The first-order chi connectivity index (χ1) is 13.1. The topological polar surface area (TPSA) is 44.8 Å². The maximum atomic E-state index is 12.2. The number of hydrogen-bond donors (Lipinski definition) is 1. The van der Waals surface area contributed by atoms with Crippen molar-refractivity contribution < 1.29 is 9.53 Å². The summed E-state index contributed by atoms with van der Waals surface area (Å²) in [5.41, 5.74) is 3.10. The molecule has 3 rings (SSSR count). The van der Waals surface area contributed by atoms with Gasteiger partial charge in [0.25, 0.3) is 0 Å². The number of amides is 1. The number of nitrogens with zero attached hydrogens (tertiary/aromatic N) is 2. The molecule has 1 aliphatic rings. The number of carbonyl (C=O) groups excluding carboxylic acids is 1. The van der Waals surface area contributed by atoms with Gasteiger partial charge in [-0.05, 0) is 42.8 Å². The van der Waals surface area contributed by atoms with E-state index in [4.69, 9.17) is 4.74 Å². The normalized spacial score (nSPS) is 14.9. The van der Waals surface area contributed by atoms with Crippen LogP contribution in [0, 0.1) is 6.92 Å². The van der Waals surface area contributed by atoms with Gasteiger partial charge in [-0.15, -0.1) is 0 Å². The molecule has 0 radical (unpaired) electrons. The zero-order valence-electron chi connectivity index (χ0n) is 15.9. The van der Waals surface area contributed by atoms with Gasteiger partial charge in [0.2, 0.25) is 5.91 Å². The third kappa shape index (κ3) is 5.23. The lowest BCUT2D eigenvalue weighted by molar-refractivity contribution is -0.116. The Kier molecular flexibility index (Phi) is 6.74. The van der Waals surface area contributed by atoms with Crippen molar-refractivity contribution in [3.05, 3.63) is 52.5 Å². The third-order valence-corrected chi connectivity index (χ3v) is 5.78. The van der Waals surface area contributed by atoms with Crippen LogP contribution in [0.4, 0.5) is 11.4 Å². The molecule has 1 heterocycles. The van der Waals surface area contributed by atoms with E-state index in [0.29, 0.717) is 6.42 Å². The van der Waals surface area contributed by atoms with Crippen molar-refractivity contribution in [1.29, 1.82) is 0 Å².